The van der Waals surface area contributed by atoms with Crippen LogP contribution in [0.1, 0.15) is 70.3 Å². The molecule has 42 heavy (non-hydrogen) atoms. The lowest BCUT2D eigenvalue weighted by Crippen LogP contribution is -2.49. The van der Waals surface area contributed by atoms with Gasteiger partial charge in [-0.3, -0.25) is 9.79 Å². The number of anilines is 1. The van der Waals surface area contributed by atoms with Crippen molar-refractivity contribution < 1.29 is 19.4 Å². The molecule has 2 heterocycles. The minimum absolute atomic E-state index is 0.144. The molecule has 1 aromatic carbocycles. The number of aliphatic carboxylic acids is 1. The Balaban J connectivity index is 0.000000521. The van der Waals surface area contributed by atoms with Gasteiger partial charge in [-0.05, 0) is 88.1 Å². The fourth-order valence-electron chi connectivity index (χ4n) is 4.90. The Bertz CT molecular complexity index is 1120. The number of benzene rings is 1. The molecule has 3 unspecified atom stereocenters. The van der Waals surface area contributed by atoms with Crippen LogP contribution in [-0.4, -0.2) is 60.8 Å². The number of epoxide rings is 1. The molecule has 1 saturated carbocycles. The number of carbonyl (C=O) groups excluding carboxylic acids is 1. The van der Waals surface area contributed by atoms with Crippen LogP contribution in [0, 0.1) is 0 Å². The van der Waals surface area contributed by atoms with Crippen LogP contribution in [0.3, 0.4) is 0 Å². The first-order valence-corrected chi connectivity index (χ1v) is 15.1. The molecule has 8 N–H and O–H groups in total. The average Bonchev–Trinajstić information content (AvgIpc) is 3.64. The first-order chi connectivity index (χ1) is 20.3. The predicted molar refractivity (Wildman–Crippen MR) is 168 cm³/mol. The normalized spacial score (nSPS) is 19.8. The Morgan fingerprint density at radius 1 is 1.19 bits per heavy atom. The van der Waals surface area contributed by atoms with Crippen LogP contribution in [-0.2, 0) is 20.7 Å². The maximum atomic E-state index is 12.3. The van der Waals surface area contributed by atoms with Crippen LogP contribution in [0.15, 0.2) is 64.8 Å². The zero-order valence-corrected chi connectivity index (χ0v) is 24.9. The maximum absolute atomic E-state index is 12.3. The van der Waals surface area contributed by atoms with Gasteiger partial charge in [-0.2, -0.15) is 0 Å². The molecule has 1 amide bonds. The molecule has 0 spiro atoms. The molecule has 10 nitrogen and oxygen atoms in total. The number of nitrogens with one attached hydrogen (secondary N) is 3. The van der Waals surface area contributed by atoms with Crippen molar-refractivity contribution in [2.24, 2.45) is 16.5 Å². The molecule has 0 radical (unpaired) electrons. The van der Waals surface area contributed by atoms with E-state index >= 15 is 0 Å². The van der Waals surface area contributed by atoms with Gasteiger partial charge in [0.05, 0.1) is 12.6 Å². The molecule has 2 aliphatic heterocycles. The van der Waals surface area contributed by atoms with Crippen LogP contribution in [0.4, 0.5) is 5.69 Å². The van der Waals surface area contributed by atoms with E-state index < -0.39 is 12.0 Å². The summed E-state index contributed by atoms with van der Waals surface area (Å²) in [6, 6.07) is 6.57. The Morgan fingerprint density at radius 3 is 2.48 bits per heavy atom. The van der Waals surface area contributed by atoms with Crippen LogP contribution < -0.4 is 27.4 Å². The molecular weight excluding hydrogens is 532 g/mol. The highest BCUT2D eigenvalue weighted by atomic mass is 16.6. The third kappa shape index (κ3) is 11.7. The second-order valence-corrected chi connectivity index (χ2v) is 11.1. The molecule has 2 saturated heterocycles. The molecule has 1 aromatic rings. The fourth-order valence-corrected chi connectivity index (χ4v) is 4.90. The molecular formula is C32H48N6O4. The third-order valence-corrected chi connectivity index (χ3v) is 7.67. The summed E-state index contributed by atoms with van der Waals surface area (Å²) in [6.45, 7) is 7.99. The number of nitrogens with zero attached hydrogens (tertiary/aromatic N) is 1. The predicted octanol–water partition coefficient (Wildman–Crippen LogP) is 3.75. The highest BCUT2D eigenvalue weighted by Gasteiger charge is 2.27. The van der Waals surface area contributed by atoms with Crippen molar-refractivity contribution in [2.75, 3.05) is 25.0 Å². The zero-order valence-electron chi connectivity index (χ0n) is 24.9. The number of ether oxygens (including phenoxy) is 1. The van der Waals surface area contributed by atoms with Gasteiger partial charge in [0, 0.05) is 24.4 Å². The molecule has 0 aromatic heterocycles. The van der Waals surface area contributed by atoms with Gasteiger partial charge in [-0.1, -0.05) is 42.9 Å². The summed E-state index contributed by atoms with van der Waals surface area (Å²) in [5, 5.41) is 19.0. The van der Waals surface area contributed by atoms with Gasteiger partial charge >= 0.3 is 5.97 Å². The maximum Gasteiger partial charge on any atom is 0.326 e. The summed E-state index contributed by atoms with van der Waals surface area (Å²) in [5.74, 6) is -1.12. The molecule has 4 rings (SSSR count). The molecule has 230 valence electrons. The first kappa shape index (κ1) is 32.9. The van der Waals surface area contributed by atoms with Crippen molar-refractivity contribution in [3.63, 3.8) is 0 Å². The zero-order chi connectivity index (χ0) is 30.3. The van der Waals surface area contributed by atoms with E-state index in [1.165, 1.54) is 23.3 Å². The van der Waals surface area contributed by atoms with Gasteiger partial charge in [0.1, 0.15) is 12.1 Å². The lowest BCUT2D eigenvalue weighted by Gasteiger charge is -2.24. The standard InChI is InChI=1S/C25H38N6O3.C7H10O/c26-25(27)29-14-3-1-2-8-20(18-6-4-7-18)30-19-12-10-17(11-13-19)16-22(24(33)34)31-23(32)21-9-5-15-28-21;1-3-4-6(2)7-5-8-7/h10-13,21-22,28,30H,1-9,14-16H2,(H,31,32)(H,33,34)(H4,26,27,29);3-4,7H,1,5H2,2H3/b;6-4+. The molecule has 0 bridgehead atoms. The van der Waals surface area contributed by atoms with Gasteiger partial charge in [0.15, 0.2) is 5.96 Å². The van der Waals surface area contributed by atoms with Gasteiger partial charge < -0.3 is 37.3 Å². The van der Waals surface area contributed by atoms with E-state index in [9.17, 15) is 14.7 Å². The minimum atomic E-state index is -1.02. The van der Waals surface area contributed by atoms with Crippen molar-refractivity contribution in [1.82, 2.24) is 10.6 Å². The van der Waals surface area contributed by atoms with E-state index in [-0.39, 0.29) is 24.3 Å². The smallest absolute Gasteiger partial charge is 0.326 e. The second-order valence-electron chi connectivity index (χ2n) is 11.1. The Kier molecular flexibility index (Phi) is 13.6. The van der Waals surface area contributed by atoms with Gasteiger partial charge in [-0.15, -0.1) is 0 Å². The minimum Gasteiger partial charge on any atom is -0.480 e. The van der Waals surface area contributed by atoms with Gasteiger partial charge in [0.2, 0.25) is 5.91 Å². The van der Waals surface area contributed by atoms with Crippen molar-refractivity contribution in [2.45, 2.75) is 89.3 Å². The summed E-state index contributed by atoms with van der Waals surface area (Å²) >= 11 is 0. The topological polar surface area (TPSA) is 167 Å². The number of hydrogen-bond acceptors (Lipinski definition) is 6. The quantitative estimate of drug-likeness (QED) is 0.0599. The Labute approximate surface area is 249 Å². The van der Waals surface area contributed by atoms with E-state index in [1.54, 1.807) is 6.08 Å². The molecule has 3 fully saturated rings. The number of hydrogen-bond donors (Lipinski definition) is 6. The Morgan fingerprint density at radius 2 is 1.93 bits per heavy atom. The number of carboxylic acids is 1. The lowest BCUT2D eigenvalue weighted by atomic mass is 9.89. The average molecular weight is 581 g/mol. The van der Waals surface area contributed by atoms with Crippen LogP contribution in [0.2, 0.25) is 0 Å². The summed E-state index contributed by atoms with van der Waals surface area (Å²) in [5.41, 5.74) is 16.7. The van der Waals surface area contributed by atoms with Crippen LogP contribution >= 0.6 is 0 Å². The van der Waals surface area contributed by atoms with E-state index in [0.29, 0.717) is 12.6 Å². The SMILES string of the molecule is C=C/C=C(\C)C1CO1.NC(N)=NCCCCCC(Nc1ccc(CC(NC(=O)C2CCCN2)C(=O)O)cc1)=C1CCC1. The number of aliphatic imine (C=N–C) groups is 1. The van der Waals surface area contributed by atoms with E-state index in [2.05, 4.69) is 34.4 Å². The van der Waals surface area contributed by atoms with Crippen molar-refractivity contribution in [3.8, 4) is 0 Å². The fraction of sp³-hybridized carbons (Fsp3) is 0.531. The number of nitrogens with two attached hydrogens (primary N) is 2. The molecule has 1 aliphatic carbocycles. The van der Waals surface area contributed by atoms with Gasteiger partial charge in [-0.25, -0.2) is 4.79 Å². The largest absolute Gasteiger partial charge is 0.480 e. The van der Waals surface area contributed by atoms with Crippen LogP contribution in [0.25, 0.3) is 0 Å². The van der Waals surface area contributed by atoms with E-state index in [0.717, 1.165) is 75.8 Å². The number of allylic oxidation sites excluding steroid dienone is 4. The van der Waals surface area contributed by atoms with E-state index in [1.807, 2.05) is 30.3 Å². The molecule has 3 aliphatic rings. The molecule has 10 heteroatoms. The summed E-state index contributed by atoms with van der Waals surface area (Å²) in [7, 11) is 0. The van der Waals surface area contributed by atoms with Crippen molar-refractivity contribution in [1.29, 1.82) is 0 Å². The Hall–Kier alpha value is -3.63. The molecule has 3 atom stereocenters. The van der Waals surface area contributed by atoms with Crippen molar-refractivity contribution in [3.05, 3.63) is 65.4 Å². The van der Waals surface area contributed by atoms with E-state index in [4.69, 9.17) is 16.2 Å². The van der Waals surface area contributed by atoms with Gasteiger partial charge in [0.25, 0.3) is 0 Å². The van der Waals surface area contributed by atoms with Crippen molar-refractivity contribution >= 4 is 23.5 Å². The number of rotatable bonds is 15. The summed E-state index contributed by atoms with van der Waals surface area (Å²) < 4.78 is 5.01. The number of amides is 1. The third-order valence-electron chi connectivity index (χ3n) is 7.67. The summed E-state index contributed by atoms with van der Waals surface area (Å²) in [4.78, 5) is 28.1. The number of unbranched alkanes of at least 4 members (excludes halogenated alkanes) is 2. The number of guanidine groups is 1. The van der Waals surface area contributed by atoms with Crippen LogP contribution in [0.5, 0.6) is 0 Å². The number of carboxylic acid groups (broad SMARTS) is 1. The monoisotopic (exact) mass is 580 g/mol. The summed E-state index contributed by atoms with van der Waals surface area (Å²) in [6.07, 6.45) is 13.7. The second kappa shape index (κ2) is 17.4. The highest BCUT2D eigenvalue weighted by Crippen LogP contribution is 2.31. The highest BCUT2D eigenvalue weighted by molar-refractivity contribution is 5.87. The number of carbonyl (C=O) groups is 2. The lowest BCUT2D eigenvalue weighted by molar-refractivity contribution is -0.142. The first-order valence-electron chi connectivity index (χ1n) is 15.1.